The molecule has 1 aliphatic rings. The summed E-state index contributed by atoms with van der Waals surface area (Å²) in [7, 11) is 0. The second kappa shape index (κ2) is 4.81. The largest absolute Gasteiger partial charge is 0.507 e. The van der Waals surface area contributed by atoms with Crippen LogP contribution in [0.2, 0.25) is 5.02 Å². The second-order valence-electron chi connectivity index (χ2n) is 5.57. The van der Waals surface area contributed by atoms with Gasteiger partial charge in [-0.1, -0.05) is 31.9 Å². The van der Waals surface area contributed by atoms with Crippen molar-refractivity contribution in [1.29, 1.82) is 0 Å². The predicted molar refractivity (Wildman–Crippen MR) is 72.0 cm³/mol. The first-order chi connectivity index (χ1) is 8.40. The van der Waals surface area contributed by atoms with Crippen molar-refractivity contribution in [3.63, 3.8) is 0 Å². The normalized spacial score (nSPS) is 21.8. The van der Waals surface area contributed by atoms with Gasteiger partial charge in [0.2, 0.25) is 0 Å². The van der Waals surface area contributed by atoms with Gasteiger partial charge in [-0.25, -0.2) is 0 Å². The van der Waals surface area contributed by atoms with Crippen LogP contribution in [0.5, 0.6) is 5.75 Å². The average Bonchev–Trinajstić information content (AvgIpc) is 2.58. The Hall–Kier alpha value is -1.22. The highest BCUT2D eigenvalue weighted by Gasteiger charge is 2.35. The lowest BCUT2D eigenvalue weighted by molar-refractivity contribution is 0.0907. The van der Waals surface area contributed by atoms with E-state index in [4.69, 9.17) is 11.6 Å². The van der Waals surface area contributed by atoms with Crippen LogP contribution in [0.1, 0.15) is 43.5 Å². The monoisotopic (exact) mass is 267 g/mol. The van der Waals surface area contributed by atoms with Crippen LogP contribution in [0, 0.1) is 5.41 Å². The SMILES string of the molecule is CC1(C)CCCC1NC(=O)c1ccc(Cl)cc1O. The molecule has 1 aromatic rings. The van der Waals surface area contributed by atoms with Crippen molar-refractivity contribution >= 4 is 17.5 Å². The molecule has 0 spiro atoms. The van der Waals surface area contributed by atoms with E-state index in [1.165, 1.54) is 6.07 Å². The standard InChI is InChI=1S/C14H18ClNO2/c1-14(2)7-3-4-12(14)16-13(18)10-6-5-9(15)8-11(10)17/h5-6,8,12,17H,3-4,7H2,1-2H3,(H,16,18). The first kappa shape index (κ1) is 13.2. The topological polar surface area (TPSA) is 49.3 Å². The van der Waals surface area contributed by atoms with E-state index in [1.807, 2.05) is 0 Å². The fourth-order valence-corrected chi connectivity index (χ4v) is 2.69. The maximum absolute atomic E-state index is 12.1. The van der Waals surface area contributed by atoms with Gasteiger partial charge in [0.1, 0.15) is 5.75 Å². The van der Waals surface area contributed by atoms with E-state index < -0.39 is 0 Å². The number of halogens is 1. The quantitative estimate of drug-likeness (QED) is 0.863. The fourth-order valence-electron chi connectivity index (χ4n) is 2.53. The van der Waals surface area contributed by atoms with E-state index in [-0.39, 0.29) is 28.7 Å². The lowest BCUT2D eigenvalue weighted by atomic mass is 9.87. The number of rotatable bonds is 2. The minimum atomic E-state index is -0.232. The Morgan fingerprint density at radius 3 is 2.78 bits per heavy atom. The summed E-state index contributed by atoms with van der Waals surface area (Å²) in [5.41, 5.74) is 0.402. The molecule has 1 atom stereocenters. The van der Waals surface area contributed by atoms with E-state index in [9.17, 15) is 9.90 Å². The van der Waals surface area contributed by atoms with Crippen LogP contribution in [0.25, 0.3) is 0 Å². The third-order valence-electron chi connectivity index (χ3n) is 3.77. The van der Waals surface area contributed by atoms with Crippen LogP contribution >= 0.6 is 11.6 Å². The molecular formula is C14H18ClNO2. The Morgan fingerprint density at radius 2 is 2.22 bits per heavy atom. The number of nitrogens with one attached hydrogen (secondary N) is 1. The summed E-state index contributed by atoms with van der Waals surface area (Å²) in [6.45, 7) is 4.32. The number of aromatic hydroxyl groups is 1. The number of carbonyl (C=O) groups excluding carboxylic acids is 1. The Bertz CT molecular complexity index is 471. The van der Waals surface area contributed by atoms with Gasteiger partial charge >= 0.3 is 0 Å². The molecule has 0 saturated heterocycles. The van der Waals surface area contributed by atoms with E-state index in [0.29, 0.717) is 5.02 Å². The van der Waals surface area contributed by atoms with Crippen molar-refractivity contribution < 1.29 is 9.90 Å². The van der Waals surface area contributed by atoms with Gasteiger partial charge in [-0.05, 0) is 36.5 Å². The van der Waals surface area contributed by atoms with Gasteiger partial charge in [-0.3, -0.25) is 4.79 Å². The number of benzene rings is 1. The molecule has 1 unspecified atom stereocenters. The molecule has 0 aromatic heterocycles. The molecule has 2 N–H and O–H groups in total. The van der Waals surface area contributed by atoms with Crippen molar-refractivity contribution in [2.75, 3.05) is 0 Å². The van der Waals surface area contributed by atoms with Crippen molar-refractivity contribution in [1.82, 2.24) is 5.32 Å². The van der Waals surface area contributed by atoms with Crippen LogP contribution in [-0.2, 0) is 0 Å². The molecule has 98 valence electrons. The molecule has 0 aliphatic heterocycles. The molecule has 1 saturated carbocycles. The number of phenolic OH excluding ortho intramolecular Hbond substituents is 1. The van der Waals surface area contributed by atoms with Crippen LogP contribution in [0.4, 0.5) is 0 Å². The Balaban J connectivity index is 2.13. The molecule has 0 bridgehead atoms. The predicted octanol–water partition coefficient (Wildman–Crippen LogP) is 3.35. The van der Waals surface area contributed by atoms with Crippen molar-refractivity contribution in [2.45, 2.75) is 39.2 Å². The van der Waals surface area contributed by atoms with E-state index in [1.54, 1.807) is 12.1 Å². The maximum Gasteiger partial charge on any atom is 0.255 e. The Kier molecular flexibility index (Phi) is 3.53. The number of hydrogen-bond acceptors (Lipinski definition) is 2. The molecule has 1 amide bonds. The number of amides is 1. The van der Waals surface area contributed by atoms with Crippen molar-refractivity contribution in [2.24, 2.45) is 5.41 Å². The van der Waals surface area contributed by atoms with E-state index in [0.717, 1.165) is 19.3 Å². The van der Waals surface area contributed by atoms with E-state index in [2.05, 4.69) is 19.2 Å². The molecule has 3 nitrogen and oxygen atoms in total. The average molecular weight is 268 g/mol. The zero-order valence-corrected chi connectivity index (χ0v) is 11.4. The molecular weight excluding hydrogens is 250 g/mol. The van der Waals surface area contributed by atoms with Gasteiger partial charge in [0.05, 0.1) is 5.56 Å². The summed E-state index contributed by atoms with van der Waals surface area (Å²) in [6, 6.07) is 4.71. The summed E-state index contributed by atoms with van der Waals surface area (Å²) in [5, 5.41) is 13.1. The van der Waals surface area contributed by atoms with Gasteiger partial charge in [-0.2, -0.15) is 0 Å². The van der Waals surface area contributed by atoms with Gasteiger partial charge in [0, 0.05) is 11.1 Å². The Morgan fingerprint density at radius 1 is 1.50 bits per heavy atom. The number of phenols is 1. The summed E-state index contributed by atoms with van der Waals surface area (Å²) in [5.74, 6) is -0.306. The smallest absolute Gasteiger partial charge is 0.255 e. The first-order valence-corrected chi connectivity index (χ1v) is 6.57. The Labute approximate surface area is 112 Å². The van der Waals surface area contributed by atoms with Crippen LogP contribution in [0.15, 0.2) is 18.2 Å². The maximum atomic E-state index is 12.1. The lowest BCUT2D eigenvalue weighted by Gasteiger charge is -2.27. The molecule has 0 heterocycles. The van der Waals surface area contributed by atoms with Crippen molar-refractivity contribution in [3.05, 3.63) is 28.8 Å². The number of hydrogen-bond donors (Lipinski definition) is 2. The van der Waals surface area contributed by atoms with Crippen LogP contribution in [-0.4, -0.2) is 17.1 Å². The molecule has 1 aliphatic carbocycles. The molecule has 1 fully saturated rings. The fraction of sp³-hybridized carbons (Fsp3) is 0.500. The zero-order chi connectivity index (χ0) is 13.3. The number of carbonyl (C=O) groups is 1. The third-order valence-corrected chi connectivity index (χ3v) is 4.00. The van der Waals surface area contributed by atoms with Gasteiger partial charge < -0.3 is 10.4 Å². The molecule has 4 heteroatoms. The minimum absolute atomic E-state index is 0.0733. The van der Waals surface area contributed by atoms with Gasteiger partial charge in [-0.15, -0.1) is 0 Å². The summed E-state index contributed by atoms with van der Waals surface area (Å²) >= 11 is 5.75. The highest BCUT2D eigenvalue weighted by atomic mass is 35.5. The van der Waals surface area contributed by atoms with Gasteiger partial charge in [0.15, 0.2) is 0 Å². The third kappa shape index (κ3) is 2.61. The highest BCUT2D eigenvalue weighted by Crippen LogP contribution is 2.37. The van der Waals surface area contributed by atoms with Crippen LogP contribution < -0.4 is 5.32 Å². The second-order valence-corrected chi connectivity index (χ2v) is 6.00. The summed E-state index contributed by atoms with van der Waals surface area (Å²) in [4.78, 5) is 12.1. The summed E-state index contributed by atoms with van der Waals surface area (Å²) < 4.78 is 0. The van der Waals surface area contributed by atoms with Crippen LogP contribution in [0.3, 0.4) is 0 Å². The molecule has 0 radical (unpaired) electrons. The molecule has 18 heavy (non-hydrogen) atoms. The zero-order valence-electron chi connectivity index (χ0n) is 10.7. The van der Waals surface area contributed by atoms with Crippen molar-refractivity contribution in [3.8, 4) is 5.75 Å². The summed E-state index contributed by atoms with van der Waals surface area (Å²) in [6.07, 6.45) is 3.24. The highest BCUT2D eigenvalue weighted by molar-refractivity contribution is 6.30. The molecule has 1 aromatic carbocycles. The lowest BCUT2D eigenvalue weighted by Crippen LogP contribution is -2.41. The molecule has 2 rings (SSSR count). The minimum Gasteiger partial charge on any atom is -0.507 e. The van der Waals surface area contributed by atoms with E-state index >= 15 is 0 Å². The first-order valence-electron chi connectivity index (χ1n) is 6.19. The van der Waals surface area contributed by atoms with Gasteiger partial charge in [0.25, 0.3) is 5.91 Å².